The number of carbonyl (C=O) groups excluding carboxylic acids is 1. The molecule has 144 valence electrons. The monoisotopic (exact) mass is 368 g/mol. The van der Waals surface area contributed by atoms with E-state index in [0.29, 0.717) is 17.0 Å². The average Bonchev–Trinajstić information content (AvgIpc) is 3.04. The zero-order chi connectivity index (χ0) is 19.2. The molecule has 0 aromatic heterocycles. The Morgan fingerprint density at radius 3 is 2.63 bits per heavy atom. The highest BCUT2D eigenvalue weighted by molar-refractivity contribution is 5.96. The van der Waals surface area contributed by atoms with Crippen molar-refractivity contribution >= 4 is 11.7 Å². The number of nitrogens with two attached hydrogens (primary N) is 1. The minimum atomic E-state index is -0.444. The lowest BCUT2D eigenvalue weighted by molar-refractivity contribution is 0.0735. The van der Waals surface area contributed by atoms with Crippen LogP contribution in [0.15, 0.2) is 42.5 Å². The second-order valence-electron chi connectivity index (χ2n) is 6.99. The van der Waals surface area contributed by atoms with E-state index in [4.69, 9.17) is 15.2 Å². The van der Waals surface area contributed by atoms with Crippen molar-refractivity contribution in [3.8, 4) is 11.5 Å². The molecule has 0 bridgehead atoms. The third kappa shape index (κ3) is 4.80. The smallest absolute Gasteiger partial charge is 0.345 e. The Morgan fingerprint density at radius 2 is 1.93 bits per heavy atom. The van der Waals surface area contributed by atoms with Crippen molar-refractivity contribution in [1.82, 2.24) is 4.90 Å². The number of anilines is 1. The van der Waals surface area contributed by atoms with Crippen LogP contribution < -0.4 is 15.2 Å². The molecule has 2 N–H and O–H groups in total. The van der Waals surface area contributed by atoms with Crippen molar-refractivity contribution < 1.29 is 14.3 Å². The number of hydrogen-bond donors (Lipinski definition) is 1. The number of esters is 1. The van der Waals surface area contributed by atoms with Crippen LogP contribution >= 0.6 is 0 Å². The number of para-hydroxylation sites is 1. The number of nitrogens with zero attached hydrogens (tertiary/aromatic N) is 1. The van der Waals surface area contributed by atoms with Crippen LogP contribution in [0.2, 0.25) is 0 Å². The van der Waals surface area contributed by atoms with Crippen LogP contribution in [-0.4, -0.2) is 36.6 Å². The SMILES string of the molecule is CCCN(CCC)CC1Cc2cc(OC(=O)c3ccccc3N)ccc2O1. The molecule has 3 rings (SSSR count). The number of hydrogen-bond acceptors (Lipinski definition) is 5. The Hall–Kier alpha value is -2.53. The van der Waals surface area contributed by atoms with Crippen LogP contribution in [0.25, 0.3) is 0 Å². The summed E-state index contributed by atoms with van der Waals surface area (Å²) in [6.07, 6.45) is 3.26. The van der Waals surface area contributed by atoms with Gasteiger partial charge in [-0.1, -0.05) is 26.0 Å². The molecule has 0 saturated heterocycles. The first kappa shape index (κ1) is 19.2. The maximum Gasteiger partial charge on any atom is 0.345 e. The van der Waals surface area contributed by atoms with Gasteiger partial charge in [-0.25, -0.2) is 4.79 Å². The Morgan fingerprint density at radius 1 is 1.19 bits per heavy atom. The molecule has 1 aliphatic heterocycles. The highest BCUT2D eigenvalue weighted by atomic mass is 16.5. The molecule has 1 atom stereocenters. The van der Waals surface area contributed by atoms with Crippen LogP contribution in [0, 0.1) is 0 Å². The van der Waals surface area contributed by atoms with Gasteiger partial charge >= 0.3 is 5.97 Å². The highest BCUT2D eigenvalue weighted by Crippen LogP contribution is 2.32. The van der Waals surface area contributed by atoms with Crippen LogP contribution in [-0.2, 0) is 6.42 Å². The first-order valence-electron chi connectivity index (χ1n) is 9.69. The number of fused-ring (bicyclic) bond motifs is 1. The fraction of sp³-hybridized carbons (Fsp3) is 0.409. The average molecular weight is 368 g/mol. The summed E-state index contributed by atoms with van der Waals surface area (Å²) < 4.78 is 11.6. The molecule has 1 heterocycles. The fourth-order valence-electron chi connectivity index (χ4n) is 3.52. The minimum absolute atomic E-state index is 0.147. The summed E-state index contributed by atoms with van der Waals surface area (Å²) in [6, 6.07) is 12.5. The highest BCUT2D eigenvalue weighted by Gasteiger charge is 2.25. The van der Waals surface area contributed by atoms with Gasteiger partial charge in [-0.05, 0) is 56.3 Å². The van der Waals surface area contributed by atoms with Crippen molar-refractivity contribution in [3.05, 3.63) is 53.6 Å². The van der Waals surface area contributed by atoms with E-state index in [0.717, 1.165) is 50.2 Å². The van der Waals surface area contributed by atoms with Crippen LogP contribution in [0.4, 0.5) is 5.69 Å². The summed E-state index contributed by atoms with van der Waals surface area (Å²) in [4.78, 5) is 14.8. The maximum atomic E-state index is 12.3. The first-order valence-corrected chi connectivity index (χ1v) is 9.69. The summed E-state index contributed by atoms with van der Waals surface area (Å²) >= 11 is 0. The van der Waals surface area contributed by atoms with Gasteiger partial charge in [-0.15, -0.1) is 0 Å². The molecule has 1 unspecified atom stereocenters. The summed E-state index contributed by atoms with van der Waals surface area (Å²) in [5.41, 5.74) is 7.73. The standard InChI is InChI=1S/C22H28N2O3/c1-3-11-24(12-4-2)15-18-14-16-13-17(9-10-21(16)26-18)27-22(25)19-7-5-6-8-20(19)23/h5-10,13,18H,3-4,11-12,14-15,23H2,1-2H3. The van der Waals surface area contributed by atoms with Gasteiger partial charge in [-0.3, -0.25) is 4.90 Å². The van der Waals surface area contributed by atoms with Crippen LogP contribution in [0.1, 0.15) is 42.6 Å². The number of carbonyl (C=O) groups is 1. The van der Waals surface area contributed by atoms with E-state index in [-0.39, 0.29) is 6.10 Å². The van der Waals surface area contributed by atoms with Gasteiger partial charge < -0.3 is 15.2 Å². The lowest BCUT2D eigenvalue weighted by atomic mass is 10.1. The lowest BCUT2D eigenvalue weighted by Crippen LogP contribution is -2.35. The summed E-state index contributed by atoms with van der Waals surface area (Å²) in [7, 11) is 0. The Balaban J connectivity index is 1.64. The molecule has 2 aromatic rings. The summed E-state index contributed by atoms with van der Waals surface area (Å²) in [5.74, 6) is 0.956. The normalized spacial score (nSPS) is 15.4. The number of ether oxygens (including phenoxy) is 2. The quantitative estimate of drug-likeness (QED) is 0.435. The lowest BCUT2D eigenvalue weighted by Gasteiger charge is -2.24. The third-order valence-corrected chi connectivity index (χ3v) is 4.71. The van der Waals surface area contributed by atoms with Gasteiger partial charge in [-0.2, -0.15) is 0 Å². The number of rotatable bonds is 8. The van der Waals surface area contributed by atoms with Gasteiger partial charge in [0.2, 0.25) is 0 Å². The Bertz CT molecular complexity index is 785. The van der Waals surface area contributed by atoms with E-state index in [1.807, 2.05) is 12.1 Å². The molecule has 5 nitrogen and oxygen atoms in total. The van der Waals surface area contributed by atoms with E-state index in [2.05, 4.69) is 18.7 Å². The molecule has 2 aromatic carbocycles. The minimum Gasteiger partial charge on any atom is -0.488 e. The van der Waals surface area contributed by atoms with E-state index in [1.54, 1.807) is 30.3 Å². The van der Waals surface area contributed by atoms with Gasteiger partial charge in [0, 0.05) is 24.2 Å². The second-order valence-corrected chi connectivity index (χ2v) is 6.99. The van der Waals surface area contributed by atoms with E-state index in [9.17, 15) is 4.79 Å². The predicted molar refractivity (Wildman–Crippen MR) is 107 cm³/mol. The van der Waals surface area contributed by atoms with E-state index in [1.165, 1.54) is 0 Å². The van der Waals surface area contributed by atoms with E-state index >= 15 is 0 Å². The Labute approximate surface area is 161 Å². The van der Waals surface area contributed by atoms with E-state index < -0.39 is 5.97 Å². The topological polar surface area (TPSA) is 64.8 Å². The zero-order valence-electron chi connectivity index (χ0n) is 16.1. The zero-order valence-corrected chi connectivity index (χ0v) is 16.1. The van der Waals surface area contributed by atoms with Gasteiger partial charge in [0.25, 0.3) is 0 Å². The Kier molecular flexibility index (Phi) is 6.35. The summed E-state index contributed by atoms with van der Waals surface area (Å²) in [6.45, 7) is 7.50. The predicted octanol–water partition coefficient (Wildman–Crippen LogP) is 3.91. The molecule has 5 heteroatoms. The van der Waals surface area contributed by atoms with Crippen LogP contribution in [0.5, 0.6) is 11.5 Å². The van der Waals surface area contributed by atoms with Crippen molar-refractivity contribution in [2.45, 2.75) is 39.2 Å². The summed E-state index contributed by atoms with van der Waals surface area (Å²) in [5, 5.41) is 0. The second kappa shape index (κ2) is 8.91. The molecular weight excluding hydrogens is 340 g/mol. The molecule has 0 amide bonds. The first-order chi connectivity index (χ1) is 13.1. The molecule has 27 heavy (non-hydrogen) atoms. The fourth-order valence-corrected chi connectivity index (χ4v) is 3.52. The van der Waals surface area contributed by atoms with Crippen molar-refractivity contribution in [2.24, 2.45) is 0 Å². The molecule has 0 saturated carbocycles. The van der Waals surface area contributed by atoms with Crippen molar-refractivity contribution in [2.75, 3.05) is 25.4 Å². The third-order valence-electron chi connectivity index (χ3n) is 4.71. The molecule has 0 radical (unpaired) electrons. The molecule has 0 fully saturated rings. The molecule has 0 aliphatic carbocycles. The van der Waals surface area contributed by atoms with Gasteiger partial charge in [0.15, 0.2) is 0 Å². The van der Waals surface area contributed by atoms with Crippen LogP contribution in [0.3, 0.4) is 0 Å². The van der Waals surface area contributed by atoms with Gasteiger partial charge in [0.05, 0.1) is 5.56 Å². The largest absolute Gasteiger partial charge is 0.488 e. The van der Waals surface area contributed by atoms with Gasteiger partial charge in [0.1, 0.15) is 17.6 Å². The number of nitrogen functional groups attached to an aromatic ring is 1. The molecular formula is C22H28N2O3. The number of benzene rings is 2. The van der Waals surface area contributed by atoms with Crippen molar-refractivity contribution in [3.63, 3.8) is 0 Å². The molecule has 1 aliphatic rings. The van der Waals surface area contributed by atoms with Crippen molar-refractivity contribution in [1.29, 1.82) is 0 Å². The molecule has 0 spiro atoms. The maximum absolute atomic E-state index is 12.3.